The van der Waals surface area contributed by atoms with E-state index in [1.165, 1.54) is 4.90 Å². The van der Waals surface area contributed by atoms with Crippen LogP contribution in [0.1, 0.15) is 19.8 Å². The molecule has 0 aromatic heterocycles. The van der Waals surface area contributed by atoms with Gasteiger partial charge in [0.2, 0.25) is 21.8 Å². The van der Waals surface area contributed by atoms with Crippen molar-refractivity contribution in [3.63, 3.8) is 0 Å². The lowest BCUT2D eigenvalue weighted by Crippen LogP contribution is -2.52. The first-order valence-electron chi connectivity index (χ1n) is 8.63. The molecular formula is C16H20N4O7S. The van der Waals surface area contributed by atoms with Crippen molar-refractivity contribution < 1.29 is 27.7 Å². The molecule has 0 spiro atoms. The van der Waals surface area contributed by atoms with Gasteiger partial charge in [0.15, 0.2) is 0 Å². The number of carbonyl (C=O) groups is 2. The molecule has 2 saturated heterocycles. The lowest BCUT2D eigenvalue weighted by atomic mass is 10.1. The summed E-state index contributed by atoms with van der Waals surface area (Å²) in [7, 11) is -3.95. The van der Waals surface area contributed by atoms with Crippen LogP contribution in [0.2, 0.25) is 0 Å². The standard InChI is InChI=1S/C16H20N4O7S/c1-10-15(16(17)22)19-13(21)6-8-18(9-7-14(19)27-10)28(25,26)12-4-2-11(3-5-12)20(23)24/h2-5,10,14-15H,6-9H2,1H3,(H2,17,22)/t10-,14+,15+/m0/s1. The number of hydrogen-bond acceptors (Lipinski definition) is 7. The van der Waals surface area contributed by atoms with Crippen molar-refractivity contribution in [1.82, 2.24) is 9.21 Å². The van der Waals surface area contributed by atoms with E-state index in [0.29, 0.717) is 0 Å². The number of nitro benzene ring substituents is 1. The summed E-state index contributed by atoms with van der Waals surface area (Å²) in [6.45, 7) is 1.62. The third-order valence-corrected chi connectivity index (χ3v) is 6.80. The third kappa shape index (κ3) is 3.57. The Kier molecular flexibility index (Phi) is 5.37. The number of rotatable bonds is 4. The van der Waals surface area contributed by atoms with Crippen molar-refractivity contribution in [2.24, 2.45) is 5.73 Å². The van der Waals surface area contributed by atoms with Gasteiger partial charge in [-0.15, -0.1) is 0 Å². The maximum atomic E-state index is 12.9. The van der Waals surface area contributed by atoms with Crippen LogP contribution in [0.25, 0.3) is 0 Å². The van der Waals surface area contributed by atoms with Crippen LogP contribution in [0.3, 0.4) is 0 Å². The topological polar surface area (TPSA) is 153 Å². The Morgan fingerprint density at radius 1 is 1.29 bits per heavy atom. The molecule has 0 radical (unpaired) electrons. The van der Waals surface area contributed by atoms with Crippen LogP contribution >= 0.6 is 0 Å². The van der Waals surface area contributed by atoms with Gasteiger partial charge >= 0.3 is 0 Å². The molecule has 1 aromatic carbocycles. The minimum absolute atomic E-state index is 0.0615. The van der Waals surface area contributed by atoms with Crippen molar-refractivity contribution in [3.8, 4) is 0 Å². The number of nitro groups is 1. The Morgan fingerprint density at radius 2 is 1.93 bits per heavy atom. The van der Waals surface area contributed by atoms with Crippen LogP contribution in [-0.2, 0) is 24.3 Å². The highest BCUT2D eigenvalue weighted by atomic mass is 32.2. The summed E-state index contributed by atoms with van der Waals surface area (Å²) in [5, 5.41) is 10.7. The fraction of sp³-hybridized carbons (Fsp3) is 0.500. The molecular weight excluding hydrogens is 392 g/mol. The maximum absolute atomic E-state index is 12.9. The van der Waals surface area contributed by atoms with Gasteiger partial charge in [-0.3, -0.25) is 19.7 Å². The molecule has 2 aliphatic rings. The first-order valence-corrected chi connectivity index (χ1v) is 10.1. The third-order valence-electron chi connectivity index (χ3n) is 4.89. The molecule has 2 aliphatic heterocycles. The zero-order chi connectivity index (χ0) is 20.6. The van der Waals surface area contributed by atoms with Crippen LogP contribution in [0.4, 0.5) is 5.69 Å². The molecule has 11 nitrogen and oxygen atoms in total. The van der Waals surface area contributed by atoms with E-state index >= 15 is 0 Å². The summed E-state index contributed by atoms with van der Waals surface area (Å²) in [6, 6.07) is 3.68. The van der Waals surface area contributed by atoms with E-state index in [0.717, 1.165) is 28.6 Å². The molecule has 152 valence electrons. The van der Waals surface area contributed by atoms with Gasteiger partial charge in [0.05, 0.1) is 15.9 Å². The van der Waals surface area contributed by atoms with E-state index in [-0.39, 0.29) is 36.5 Å². The molecule has 2 fully saturated rings. The molecule has 1 aromatic rings. The molecule has 12 heteroatoms. The monoisotopic (exact) mass is 412 g/mol. The number of sulfonamides is 1. The van der Waals surface area contributed by atoms with E-state index in [4.69, 9.17) is 10.5 Å². The first kappa shape index (κ1) is 20.2. The SMILES string of the molecule is C[C@@H]1O[C@@H]2CCN(S(=O)(=O)c3ccc([N+](=O)[O-])cc3)CCC(=O)N2[C@H]1C(N)=O. The number of non-ortho nitro benzene ring substituents is 1. The smallest absolute Gasteiger partial charge is 0.269 e. The zero-order valence-electron chi connectivity index (χ0n) is 15.1. The van der Waals surface area contributed by atoms with Crippen LogP contribution in [0.5, 0.6) is 0 Å². The van der Waals surface area contributed by atoms with Crippen molar-refractivity contribution in [2.75, 3.05) is 13.1 Å². The van der Waals surface area contributed by atoms with Crippen molar-refractivity contribution >= 4 is 27.5 Å². The molecule has 0 bridgehead atoms. The average Bonchev–Trinajstić information content (AvgIpc) is 2.95. The average molecular weight is 412 g/mol. The number of fused-ring (bicyclic) bond motifs is 1. The van der Waals surface area contributed by atoms with Crippen molar-refractivity contribution in [2.45, 2.75) is 43.0 Å². The largest absolute Gasteiger partial charge is 0.368 e. The van der Waals surface area contributed by atoms with E-state index in [1.54, 1.807) is 6.92 Å². The van der Waals surface area contributed by atoms with Crippen LogP contribution in [0.15, 0.2) is 29.2 Å². The fourth-order valence-corrected chi connectivity index (χ4v) is 4.98. The Bertz CT molecular complexity index is 902. The van der Waals surface area contributed by atoms with E-state index in [2.05, 4.69) is 0 Å². The molecule has 3 rings (SSSR count). The van der Waals surface area contributed by atoms with Gasteiger partial charge in [-0.25, -0.2) is 8.42 Å². The Morgan fingerprint density at radius 3 is 2.50 bits per heavy atom. The highest BCUT2D eigenvalue weighted by molar-refractivity contribution is 7.89. The lowest BCUT2D eigenvalue weighted by Gasteiger charge is -2.32. The normalized spacial score (nSPS) is 26.4. The second-order valence-electron chi connectivity index (χ2n) is 6.64. The quantitative estimate of drug-likeness (QED) is 0.531. The highest BCUT2D eigenvalue weighted by Crippen LogP contribution is 2.29. The molecule has 0 unspecified atom stereocenters. The van der Waals surface area contributed by atoms with Gasteiger partial charge in [0, 0.05) is 38.1 Å². The zero-order valence-corrected chi connectivity index (χ0v) is 15.9. The molecule has 2 heterocycles. The van der Waals surface area contributed by atoms with Gasteiger partial charge in [-0.05, 0) is 19.1 Å². The molecule has 28 heavy (non-hydrogen) atoms. The number of benzene rings is 1. The van der Waals surface area contributed by atoms with Crippen molar-refractivity contribution in [3.05, 3.63) is 34.4 Å². The predicted octanol–water partition coefficient (Wildman–Crippen LogP) is -0.193. The summed E-state index contributed by atoms with van der Waals surface area (Å²) in [5.41, 5.74) is 5.17. The van der Waals surface area contributed by atoms with Crippen molar-refractivity contribution in [1.29, 1.82) is 0 Å². The lowest BCUT2D eigenvalue weighted by molar-refractivity contribution is -0.384. The number of nitrogens with two attached hydrogens (primary N) is 1. The van der Waals surface area contributed by atoms with Gasteiger partial charge in [0.1, 0.15) is 12.3 Å². The maximum Gasteiger partial charge on any atom is 0.269 e. The second-order valence-corrected chi connectivity index (χ2v) is 8.58. The minimum Gasteiger partial charge on any atom is -0.368 e. The molecule has 0 saturated carbocycles. The van der Waals surface area contributed by atoms with Gasteiger partial charge in [-0.2, -0.15) is 4.31 Å². The number of carbonyl (C=O) groups excluding carboxylic acids is 2. The van der Waals surface area contributed by atoms with Gasteiger partial charge in [-0.1, -0.05) is 0 Å². The van der Waals surface area contributed by atoms with E-state index in [9.17, 15) is 28.1 Å². The predicted molar refractivity (Wildman–Crippen MR) is 95.3 cm³/mol. The van der Waals surface area contributed by atoms with Gasteiger partial charge < -0.3 is 15.4 Å². The minimum atomic E-state index is -3.95. The summed E-state index contributed by atoms with van der Waals surface area (Å²) < 4.78 is 32.6. The molecule has 3 atom stereocenters. The first-order chi connectivity index (χ1) is 13.1. The van der Waals surface area contributed by atoms with Gasteiger partial charge in [0.25, 0.3) is 5.69 Å². The number of amides is 2. The summed E-state index contributed by atoms with van der Waals surface area (Å²) >= 11 is 0. The van der Waals surface area contributed by atoms with E-state index < -0.39 is 45.1 Å². The number of hydrogen-bond donors (Lipinski definition) is 1. The fourth-order valence-electron chi connectivity index (χ4n) is 3.53. The highest BCUT2D eigenvalue weighted by Gasteiger charge is 2.47. The van der Waals surface area contributed by atoms with Crippen LogP contribution in [-0.4, -0.2) is 65.8 Å². The summed E-state index contributed by atoms with van der Waals surface area (Å²) in [5.74, 6) is -1.08. The Labute approximate surface area is 161 Å². The Balaban J connectivity index is 1.81. The summed E-state index contributed by atoms with van der Waals surface area (Å²) in [4.78, 5) is 35.6. The second kappa shape index (κ2) is 7.45. The van der Waals surface area contributed by atoms with Crippen LogP contribution < -0.4 is 5.73 Å². The number of ether oxygens (including phenoxy) is 1. The van der Waals surface area contributed by atoms with E-state index in [1.807, 2.05) is 0 Å². The summed E-state index contributed by atoms with van der Waals surface area (Å²) in [6.07, 6.45) is -1.28. The van der Waals surface area contributed by atoms with Crippen LogP contribution in [0, 0.1) is 10.1 Å². The molecule has 2 amide bonds. The molecule has 2 N–H and O–H groups in total. The number of primary amides is 1. The Hall–Kier alpha value is -2.57. The number of nitrogens with zero attached hydrogens (tertiary/aromatic N) is 3. The molecule has 0 aliphatic carbocycles.